The van der Waals surface area contributed by atoms with Gasteiger partial charge in [0.2, 0.25) is 0 Å². The van der Waals surface area contributed by atoms with Crippen molar-refractivity contribution in [2.24, 2.45) is 0 Å². The van der Waals surface area contributed by atoms with Crippen LogP contribution in [0.5, 0.6) is 0 Å². The minimum absolute atomic E-state index is 0.224. The minimum atomic E-state index is -0.254. The number of hydrogen-bond donors (Lipinski definition) is 0. The molecule has 0 saturated heterocycles. The first-order valence-electron chi connectivity index (χ1n) is 15.7. The highest BCUT2D eigenvalue weighted by Gasteiger charge is 2.42. The summed E-state index contributed by atoms with van der Waals surface area (Å²) in [6.45, 7) is 4.44. The van der Waals surface area contributed by atoms with Crippen molar-refractivity contribution in [3.05, 3.63) is 138 Å². The van der Waals surface area contributed by atoms with E-state index in [9.17, 15) is 10.5 Å². The van der Waals surface area contributed by atoms with Crippen LogP contribution in [-0.2, 0) is 5.41 Å². The highest BCUT2D eigenvalue weighted by Crippen LogP contribution is 2.52. The highest BCUT2D eigenvalue weighted by atomic mass is 15.0. The number of hydrogen-bond acceptors (Lipinski definition) is 2. The first kappa shape index (κ1) is 25.3. The molecule has 0 fully saturated rings. The predicted octanol–water partition coefficient (Wildman–Crippen LogP) is 7.91. The van der Waals surface area contributed by atoms with Gasteiger partial charge in [0.05, 0.1) is 34.3 Å². The van der Waals surface area contributed by atoms with Gasteiger partial charge in [-0.15, -0.1) is 0 Å². The lowest BCUT2D eigenvalue weighted by atomic mass is 9.47. The Balaban J connectivity index is 1.44. The van der Waals surface area contributed by atoms with Crippen LogP contribution in [0.15, 0.2) is 115 Å². The van der Waals surface area contributed by atoms with Gasteiger partial charge in [0.25, 0.3) is 0 Å². The average Bonchev–Trinajstić information content (AvgIpc) is 3.69. The van der Waals surface area contributed by atoms with Crippen molar-refractivity contribution >= 4 is 61.4 Å². The molecule has 3 heterocycles. The largest absolute Gasteiger partial charge is 0.376 e. The molecule has 0 radical (unpaired) electrons. The van der Waals surface area contributed by atoms with Gasteiger partial charge in [-0.05, 0) is 63.5 Å². The van der Waals surface area contributed by atoms with E-state index in [4.69, 9.17) is 0 Å². The molecule has 0 N–H and O–H groups in total. The van der Waals surface area contributed by atoms with Crippen LogP contribution in [0.2, 0.25) is 0 Å². The van der Waals surface area contributed by atoms with Gasteiger partial charge in [0.1, 0.15) is 0 Å². The van der Waals surface area contributed by atoms with E-state index in [0.29, 0.717) is 11.1 Å². The van der Waals surface area contributed by atoms with Crippen molar-refractivity contribution in [3.63, 3.8) is 0 Å². The van der Waals surface area contributed by atoms with E-state index in [1.54, 1.807) is 0 Å². The first-order valence-corrected chi connectivity index (χ1v) is 15.7. The molecule has 1 aliphatic carbocycles. The Morgan fingerprint density at radius 1 is 0.630 bits per heavy atom. The fraction of sp³-hybridized carbons (Fsp3) is 0.0732. The first-order chi connectivity index (χ1) is 22.5. The van der Waals surface area contributed by atoms with E-state index in [2.05, 4.69) is 132 Å². The van der Waals surface area contributed by atoms with Crippen LogP contribution in [0.1, 0.15) is 36.1 Å². The van der Waals surface area contributed by atoms with Gasteiger partial charge >= 0.3 is 6.85 Å². The molecule has 5 heteroatoms. The van der Waals surface area contributed by atoms with Crippen molar-refractivity contribution in [1.29, 1.82) is 10.5 Å². The normalized spacial score (nSPS) is 14.0. The lowest BCUT2D eigenvalue weighted by Crippen LogP contribution is -2.54. The van der Waals surface area contributed by atoms with Gasteiger partial charge in [0.15, 0.2) is 0 Å². The summed E-state index contributed by atoms with van der Waals surface area (Å²) in [5.74, 6) is 0. The molecule has 10 rings (SSSR count). The molecule has 4 nitrogen and oxygen atoms in total. The summed E-state index contributed by atoms with van der Waals surface area (Å²) < 4.78 is 4.82. The van der Waals surface area contributed by atoms with E-state index in [1.807, 2.05) is 18.2 Å². The zero-order valence-corrected chi connectivity index (χ0v) is 25.3. The monoisotopic (exact) mass is 584 g/mol. The second-order valence-electron chi connectivity index (χ2n) is 13.1. The Hall–Kier alpha value is -6.04. The molecule has 6 aromatic carbocycles. The zero-order chi connectivity index (χ0) is 30.9. The maximum Gasteiger partial charge on any atom is 0.333 e. The second kappa shape index (κ2) is 8.57. The molecule has 212 valence electrons. The van der Waals surface area contributed by atoms with Crippen molar-refractivity contribution < 1.29 is 0 Å². The summed E-state index contributed by atoms with van der Waals surface area (Å²) in [6.07, 6.45) is 0. The quantitative estimate of drug-likeness (QED) is 0.184. The number of benzene rings is 6. The zero-order valence-electron chi connectivity index (χ0n) is 25.3. The summed E-state index contributed by atoms with van der Waals surface area (Å²) in [5.41, 5.74) is 13.9. The van der Waals surface area contributed by atoms with Crippen LogP contribution in [0.25, 0.3) is 60.4 Å². The third-order valence-electron chi connectivity index (χ3n) is 10.6. The number of fused-ring (bicyclic) bond motifs is 12. The molecular formula is C41H25BN4. The van der Waals surface area contributed by atoms with Gasteiger partial charge in [-0.2, -0.15) is 10.5 Å². The summed E-state index contributed by atoms with van der Waals surface area (Å²) in [4.78, 5) is 0. The van der Waals surface area contributed by atoms with Crippen molar-refractivity contribution in [1.82, 2.24) is 9.05 Å². The number of nitriles is 2. The fourth-order valence-electron chi connectivity index (χ4n) is 8.78. The molecule has 0 amide bonds. The van der Waals surface area contributed by atoms with Crippen LogP contribution >= 0.6 is 0 Å². The smallest absolute Gasteiger partial charge is 0.333 e. The maximum atomic E-state index is 10.7. The van der Waals surface area contributed by atoms with E-state index in [-0.39, 0.29) is 12.3 Å². The lowest BCUT2D eigenvalue weighted by Gasteiger charge is -2.30. The van der Waals surface area contributed by atoms with Crippen LogP contribution < -0.4 is 10.9 Å². The number of nitrogens with zero attached hydrogens (tertiary/aromatic N) is 4. The van der Waals surface area contributed by atoms with E-state index in [1.165, 1.54) is 38.5 Å². The van der Waals surface area contributed by atoms with E-state index < -0.39 is 0 Å². The summed E-state index contributed by atoms with van der Waals surface area (Å²) in [7, 11) is 0. The fourth-order valence-corrected chi connectivity index (χ4v) is 8.78. The predicted molar refractivity (Wildman–Crippen MR) is 188 cm³/mol. The van der Waals surface area contributed by atoms with Crippen molar-refractivity contribution in [3.8, 4) is 29.0 Å². The molecule has 2 aliphatic rings. The summed E-state index contributed by atoms with van der Waals surface area (Å²) in [6, 6.07) is 45.6. The van der Waals surface area contributed by atoms with E-state index in [0.717, 1.165) is 43.9 Å². The minimum Gasteiger partial charge on any atom is -0.376 e. The summed E-state index contributed by atoms with van der Waals surface area (Å²) >= 11 is 0. The van der Waals surface area contributed by atoms with Gasteiger partial charge in [-0.25, -0.2) is 0 Å². The van der Waals surface area contributed by atoms with Crippen molar-refractivity contribution in [2.75, 3.05) is 0 Å². The third-order valence-corrected chi connectivity index (χ3v) is 10.6. The van der Waals surface area contributed by atoms with E-state index >= 15 is 0 Å². The van der Waals surface area contributed by atoms with Crippen LogP contribution in [-0.4, -0.2) is 15.9 Å². The standard InChI is InChI=1S/C41H25BN4/c1-41(2)32-11-5-3-9-26(32)29-19-20-30-27-10-4-7-13-34(27)46(39(30)37(29)41)42-33-12-6-8-14-35(33)45-36-21-24(22-43)15-17-28(36)31-18-16-25(23-44)38(42)40(31)45/h3-21H,1-2H3. The SMILES string of the molecule is CC1(C)c2ccccc2-c2ccc3c4ccccc4n(B4c5ccccc5-n5c6cc(C#N)ccc6c6ccc(C#N)c4c65)c3c21. The number of para-hydroxylation sites is 2. The molecule has 0 atom stereocenters. The molecule has 1 aliphatic heterocycles. The topological polar surface area (TPSA) is 57.4 Å². The second-order valence-corrected chi connectivity index (χ2v) is 13.1. The molecule has 8 aromatic rings. The maximum absolute atomic E-state index is 10.7. The Morgan fingerprint density at radius 2 is 1.35 bits per heavy atom. The Kier molecular flexibility index (Phi) is 4.71. The van der Waals surface area contributed by atoms with Gasteiger partial charge in [-0.1, -0.05) is 98.8 Å². The average molecular weight is 584 g/mol. The molecule has 0 unspecified atom stereocenters. The van der Waals surface area contributed by atoms with Gasteiger partial charge in [0, 0.05) is 43.7 Å². The molecule has 0 saturated carbocycles. The van der Waals surface area contributed by atoms with Gasteiger partial charge < -0.3 is 9.05 Å². The Bertz CT molecular complexity index is 2760. The highest BCUT2D eigenvalue weighted by molar-refractivity contribution is 6.88. The molecule has 2 aromatic heterocycles. The van der Waals surface area contributed by atoms with Crippen molar-refractivity contribution in [2.45, 2.75) is 19.3 Å². The Morgan fingerprint density at radius 3 is 2.22 bits per heavy atom. The third kappa shape index (κ3) is 2.89. The number of aromatic nitrogens is 2. The Labute approximate surface area is 266 Å². The van der Waals surface area contributed by atoms with Crippen LogP contribution in [0.3, 0.4) is 0 Å². The summed E-state index contributed by atoms with van der Waals surface area (Å²) in [5, 5.41) is 25.1. The van der Waals surface area contributed by atoms with Crippen LogP contribution in [0, 0.1) is 22.7 Å². The molecule has 0 spiro atoms. The van der Waals surface area contributed by atoms with Gasteiger partial charge in [-0.3, -0.25) is 0 Å². The number of rotatable bonds is 1. The lowest BCUT2D eigenvalue weighted by molar-refractivity contribution is 0.664. The van der Waals surface area contributed by atoms with Crippen LogP contribution in [0.4, 0.5) is 0 Å². The molecular weight excluding hydrogens is 559 g/mol. The molecule has 46 heavy (non-hydrogen) atoms. The molecule has 0 bridgehead atoms.